The van der Waals surface area contributed by atoms with Crippen LogP contribution in [-0.4, -0.2) is 33.2 Å². The van der Waals surface area contributed by atoms with E-state index in [1.54, 1.807) is 20.8 Å². The summed E-state index contributed by atoms with van der Waals surface area (Å²) in [4.78, 5) is 28.1. The maximum Gasteiger partial charge on any atom is 0.303 e. The predicted octanol–water partition coefficient (Wildman–Crippen LogP) is 1.89. The molecule has 0 atom stereocenters. The Morgan fingerprint density at radius 1 is 0.706 bits per heavy atom. The number of carbonyl (C=O) groups is 3. The monoisotopic (exact) mass is 285 g/mol. The fourth-order valence-electron chi connectivity index (χ4n) is 0. The molecule has 0 saturated heterocycles. The molecule has 0 aliphatic rings. The third-order valence-corrected chi connectivity index (χ3v) is 0.907. The zero-order chi connectivity index (χ0) is 12.9. The first kappa shape index (κ1) is 29.8. The van der Waals surface area contributed by atoms with Crippen LogP contribution >= 0.6 is 0 Å². The van der Waals surface area contributed by atoms with Gasteiger partial charge in [0.15, 0.2) is 0 Å². The van der Waals surface area contributed by atoms with Crippen molar-refractivity contribution in [2.24, 2.45) is 0 Å². The van der Waals surface area contributed by atoms with Gasteiger partial charge in [0.1, 0.15) is 0 Å². The Labute approximate surface area is 117 Å². The molecule has 0 saturated carbocycles. The standard InChI is InChI=1S/3C3H6O2.CH3.Ti/c3*1-2-3(4)5;;/h3*2H2,1H3,(H,4,5);1H3;/q;;;-1;. The zero-order valence-electron chi connectivity index (χ0n) is 10.7. The molecule has 0 aliphatic heterocycles. The normalized spacial score (nSPS) is 6.53. The van der Waals surface area contributed by atoms with Gasteiger partial charge in [-0.2, -0.15) is 0 Å². The van der Waals surface area contributed by atoms with E-state index in [0.29, 0.717) is 0 Å². The second-order valence-electron chi connectivity index (χ2n) is 2.24. The van der Waals surface area contributed by atoms with Crippen molar-refractivity contribution in [3.63, 3.8) is 0 Å². The Balaban J connectivity index is -0.0000000400. The van der Waals surface area contributed by atoms with Crippen LogP contribution in [0.15, 0.2) is 0 Å². The van der Waals surface area contributed by atoms with Crippen LogP contribution in [-0.2, 0) is 36.1 Å². The van der Waals surface area contributed by atoms with Gasteiger partial charge in [0.05, 0.1) is 0 Å². The fourth-order valence-corrected chi connectivity index (χ4v) is 0. The van der Waals surface area contributed by atoms with Gasteiger partial charge in [0, 0.05) is 41.0 Å². The molecule has 102 valence electrons. The van der Waals surface area contributed by atoms with E-state index in [1.807, 2.05) is 0 Å². The molecule has 7 heteroatoms. The van der Waals surface area contributed by atoms with Crippen molar-refractivity contribution < 1.29 is 51.4 Å². The molecule has 6 nitrogen and oxygen atoms in total. The molecule has 0 aliphatic carbocycles. The van der Waals surface area contributed by atoms with E-state index in [1.165, 1.54) is 0 Å². The van der Waals surface area contributed by atoms with Crippen LogP contribution in [0, 0.1) is 7.43 Å². The van der Waals surface area contributed by atoms with Crippen LogP contribution in [0.3, 0.4) is 0 Å². The fraction of sp³-hybridized carbons (Fsp3) is 0.600. The average Bonchev–Trinajstić information content (AvgIpc) is 2.19. The van der Waals surface area contributed by atoms with E-state index in [2.05, 4.69) is 0 Å². The number of hydrogen-bond acceptors (Lipinski definition) is 3. The van der Waals surface area contributed by atoms with Crippen LogP contribution < -0.4 is 0 Å². The van der Waals surface area contributed by atoms with Gasteiger partial charge in [-0.05, 0) is 0 Å². The van der Waals surface area contributed by atoms with Crippen LogP contribution in [0.5, 0.6) is 0 Å². The number of carboxylic acids is 3. The minimum atomic E-state index is -0.745. The molecule has 0 unspecified atom stereocenters. The Morgan fingerprint density at radius 2 is 0.765 bits per heavy atom. The minimum absolute atomic E-state index is 0. The van der Waals surface area contributed by atoms with Gasteiger partial charge in [-0.1, -0.05) is 20.8 Å². The molecule has 17 heavy (non-hydrogen) atoms. The van der Waals surface area contributed by atoms with E-state index in [9.17, 15) is 14.4 Å². The quantitative estimate of drug-likeness (QED) is 0.539. The summed E-state index contributed by atoms with van der Waals surface area (Å²) in [6, 6.07) is 0. The van der Waals surface area contributed by atoms with E-state index in [4.69, 9.17) is 15.3 Å². The van der Waals surface area contributed by atoms with Crippen LogP contribution in [0.2, 0.25) is 0 Å². The SMILES string of the molecule is CCC(=O)O.CCC(=O)O.CCC(=O)O.[CH3-].[Ti]. The molecule has 0 rings (SSSR count). The Hall–Kier alpha value is -0.876. The summed E-state index contributed by atoms with van der Waals surface area (Å²) in [6.45, 7) is 4.80. The van der Waals surface area contributed by atoms with Gasteiger partial charge in [0.25, 0.3) is 0 Å². The van der Waals surface area contributed by atoms with Gasteiger partial charge >= 0.3 is 17.9 Å². The van der Waals surface area contributed by atoms with Gasteiger partial charge < -0.3 is 22.7 Å². The van der Waals surface area contributed by atoms with Crippen LogP contribution in [0.1, 0.15) is 40.0 Å². The molecular weight excluding hydrogens is 264 g/mol. The van der Waals surface area contributed by atoms with E-state index < -0.39 is 17.9 Å². The second kappa shape index (κ2) is 24.4. The van der Waals surface area contributed by atoms with Crippen molar-refractivity contribution >= 4 is 17.9 Å². The van der Waals surface area contributed by atoms with Crippen LogP contribution in [0.4, 0.5) is 0 Å². The first-order valence-corrected chi connectivity index (χ1v) is 4.47. The van der Waals surface area contributed by atoms with Crippen molar-refractivity contribution in [2.75, 3.05) is 0 Å². The smallest absolute Gasteiger partial charge is 0.303 e. The first-order valence-electron chi connectivity index (χ1n) is 4.47. The minimum Gasteiger partial charge on any atom is -0.481 e. The Kier molecular flexibility index (Phi) is 42.7. The van der Waals surface area contributed by atoms with E-state index in [0.717, 1.165) is 0 Å². The molecule has 3 N–H and O–H groups in total. The van der Waals surface area contributed by atoms with E-state index in [-0.39, 0.29) is 48.4 Å². The summed E-state index contributed by atoms with van der Waals surface area (Å²) in [6.07, 6.45) is 0.667. The molecule has 0 amide bonds. The van der Waals surface area contributed by atoms with Crippen molar-refractivity contribution in [1.82, 2.24) is 0 Å². The zero-order valence-corrected chi connectivity index (χ0v) is 12.2. The molecule has 0 aromatic carbocycles. The second-order valence-corrected chi connectivity index (χ2v) is 2.24. The Bertz CT molecular complexity index is 160. The molecule has 0 bridgehead atoms. The summed E-state index contributed by atoms with van der Waals surface area (Å²) in [5.74, 6) is -2.24. The third kappa shape index (κ3) is 99.2. The van der Waals surface area contributed by atoms with E-state index >= 15 is 0 Å². The van der Waals surface area contributed by atoms with Gasteiger partial charge in [-0.25, -0.2) is 0 Å². The molecule has 0 aromatic rings. The summed E-state index contributed by atoms with van der Waals surface area (Å²) < 4.78 is 0. The summed E-state index contributed by atoms with van der Waals surface area (Å²) in [5.41, 5.74) is 0. The van der Waals surface area contributed by atoms with Crippen molar-refractivity contribution in [2.45, 2.75) is 40.0 Å². The van der Waals surface area contributed by atoms with Gasteiger partial charge in [-0.15, -0.1) is 0 Å². The maximum absolute atomic E-state index is 9.37. The molecular formula is C10H21O6Ti-. The summed E-state index contributed by atoms with van der Waals surface area (Å²) in [5, 5.41) is 23.2. The summed E-state index contributed by atoms with van der Waals surface area (Å²) >= 11 is 0. The number of carboxylic acid groups (broad SMARTS) is 3. The molecule has 0 fully saturated rings. The van der Waals surface area contributed by atoms with Crippen molar-refractivity contribution in [3.05, 3.63) is 7.43 Å². The van der Waals surface area contributed by atoms with Crippen molar-refractivity contribution in [1.29, 1.82) is 0 Å². The number of rotatable bonds is 3. The molecule has 0 spiro atoms. The molecule has 0 aromatic heterocycles. The average molecular weight is 285 g/mol. The van der Waals surface area contributed by atoms with Gasteiger partial charge in [0.2, 0.25) is 0 Å². The molecule has 0 radical (unpaired) electrons. The first-order chi connectivity index (χ1) is 6.81. The maximum atomic E-state index is 9.37. The topological polar surface area (TPSA) is 112 Å². The number of aliphatic carboxylic acids is 3. The predicted molar refractivity (Wildman–Crippen MR) is 60.2 cm³/mol. The summed E-state index contributed by atoms with van der Waals surface area (Å²) in [7, 11) is 0. The van der Waals surface area contributed by atoms with Crippen molar-refractivity contribution in [3.8, 4) is 0 Å². The molecule has 0 heterocycles. The van der Waals surface area contributed by atoms with Crippen LogP contribution in [0.25, 0.3) is 0 Å². The van der Waals surface area contributed by atoms with Gasteiger partial charge in [-0.3, -0.25) is 14.4 Å². The Morgan fingerprint density at radius 3 is 0.765 bits per heavy atom. The third-order valence-electron chi connectivity index (χ3n) is 0.907. The largest absolute Gasteiger partial charge is 0.481 e. The number of hydrogen-bond donors (Lipinski definition) is 3.